The third-order valence-corrected chi connectivity index (χ3v) is 6.23. The molecular weight excluding hydrogens is 394 g/mol. The Labute approximate surface area is 171 Å². The second-order valence-corrected chi connectivity index (χ2v) is 8.31. The van der Waals surface area contributed by atoms with E-state index in [9.17, 15) is 4.79 Å². The zero-order valence-electron chi connectivity index (χ0n) is 15.3. The van der Waals surface area contributed by atoms with Gasteiger partial charge in [-0.1, -0.05) is 23.9 Å². The summed E-state index contributed by atoms with van der Waals surface area (Å²) in [5, 5.41) is 14.4. The van der Waals surface area contributed by atoms with Crippen molar-refractivity contribution in [1.29, 1.82) is 0 Å². The second-order valence-electron chi connectivity index (χ2n) is 6.42. The molecule has 3 aromatic heterocycles. The summed E-state index contributed by atoms with van der Waals surface area (Å²) in [6.07, 6.45) is 4.01. The lowest BCUT2D eigenvalue weighted by atomic mass is 10.2. The minimum atomic E-state index is -0.0556. The molecule has 0 bridgehead atoms. The SMILES string of the molecule is O=C(CSc1nnc(-c2cccs2)n1CC1CCCO1)NCc1ccccn1. The largest absolute Gasteiger partial charge is 0.376 e. The first kappa shape index (κ1) is 19.1. The quantitative estimate of drug-likeness (QED) is 0.570. The standard InChI is InChI=1S/C19H21N5O2S2/c25-17(21-11-14-5-1-2-8-20-14)13-28-19-23-22-18(16-7-4-10-27-16)24(19)12-15-6-3-9-26-15/h1-2,4-5,7-8,10,15H,3,6,9,11-13H2,(H,21,25). The van der Waals surface area contributed by atoms with Crippen molar-refractivity contribution in [3.63, 3.8) is 0 Å². The molecule has 4 heterocycles. The summed E-state index contributed by atoms with van der Waals surface area (Å²) in [4.78, 5) is 17.5. The van der Waals surface area contributed by atoms with Crippen LogP contribution in [0.1, 0.15) is 18.5 Å². The molecule has 1 aliphatic rings. The molecule has 0 saturated carbocycles. The molecule has 9 heteroatoms. The van der Waals surface area contributed by atoms with E-state index in [0.717, 1.165) is 41.0 Å². The number of nitrogens with zero attached hydrogens (tertiary/aromatic N) is 4. The number of pyridine rings is 1. The Hall–Kier alpha value is -2.23. The van der Waals surface area contributed by atoms with Gasteiger partial charge in [-0.2, -0.15) is 0 Å². The maximum Gasteiger partial charge on any atom is 0.230 e. The molecule has 28 heavy (non-hydrogen) atoms. The fourth-order valence-corrected chi connectivity index (χ4v) is 4.51. The Kier molecular flexibility index (Phi) is 6.35. The Morgan fingerprint density at radius 3 is 3.04 bits per heavy atom. The number of hydrogen-bond acceptors (Lipinski definition) is 7. The van der Waals surface area contributed by atoms with E-state index in [1.165, 1.54) is 11.8 Å². The van der Waals surface area contributed by atoms with Crippen molar-refractivity contribution >= 4 is 29.0 Å². The third kappa shape index (κ3) is 4.78. The molecule has 0 radical (unpaired) electrons. The highest BCUT2D eigenvalue weighted by atomic mass is 32.2. The molecule has 0 aromatic carbocycles. The second kappa shape index (κ2) is 9.31. The van der Waals surface area contributed by atoms with Crippen molar-refractivity contribution < 1.29 is 9.53 Å². The fraction of sp³-hybridized carbons (Fsp3) is 0.368. The molecular formula is C19H21N5O2S2. The van der Waals surface area contributed by atoms with Gasteiger partial charge in [0.15, 0.2) is 11.0 Å². The van der Waals surface area contributed by atoms with Crippen LogP contribution in [0, 0.1) is 0 Å². The first-order chi connectivity index (χ1) is 13.8. The van der Waals surface area contributed by atoms with Gasteiger partial charge in [-0.15, -0.1) is 21.5 Å². The minimum Gasteiger partial charge on any atom is -0.376 e. The smallest absolute Gasteiger partial charge is 0.230 e. The zero-order valence-corrected chi connectivity index (χ0v) is 16.9. The van der Waals surface area contributed by atoms with Gasteiger partial charge in [0.2, 0.25) is 5.91 Å². The summed E-state index contributed by atoms with van der Waals surface area (Å²) >= 11 is 3.03. The normalized spacial score (nSPS) is 16.4. The number of nitrogens with one attached hydrogen (secondary N) is 1. The number of ether oxygens (including phenoxy) is 1. The molecule has 1 N–H and O–H groups in total. The Bertz CT molecular complexity index is 892. The first-order valence-electron chi connectivity index (χ1n) is 9.17. The van der Waals surface area contributed by atoms with Crippen LogP contribution in [0.5, 0.6) is 0 Å². The fourth-order valence-electron chi connectivity index (χ4n) is 3.01. The van der Waals surface area contributed by atoms with Crippen molar-refractivity contribution in [2.75, 3.05) is 12.4 Å². The van der Waals surface area contributed by atoms with Crippen LogP contribution in [-0.4, -0.2) is 44.1 Å². The van der Waals surface area contributed by atoms with Gasteiger partial charge >= 0.3 is 0 Å². The van der Waals surface area contributed by atoms with Gasteiger partial charge in [0.05, 0.1) is 35.5 Å². The Morgan fingerprint density at radius 2 is 2.29 bits per heavy atom. The number of rotatable bonds is 8. The third-order valence-electron chi connectivity index (χ3n) is 4.39. The van der Waals surface area contributed by atoms with Gasteiger partial charge in [-0.05, 0) is 36.4 Å². The lowest BCUT2D eigenvalue weighted by Crippen LogP contribution is -2.25. The number of aromatic nitrogens is 4. The minimum absolute atomic E-state index is 0.0556. The van der Waals surface area contributed by atoms with E-state index in [4.69, 9.17) is 4.74 Å². The highest BCUT2D eigenvalue weighted by Crippen LogP contribution is 2.29. The first-order valence-corrected chi connectivity index (χ1v) is 11.0. The highest BCUT2D eigenvalue weighted by Gasteiger charge is 2.22. The molecule has 146 valence electrons. The van der Waals surface area contributed by atoms with Crippen molar-refractivity contribution in [2.24, 2.45) is 0 Å². The molecule has 0 spiro atoms. The molecule has 0 aliphatic carbocycles. The number of thioether (sulfide) groups is 1. The van der Waals surface area contributed by atoms with Crippen LogP contribution in [0.2, 0.25) is 0 Å². The van der Waals surface area contributed by atoms with Crippen molar-refractivity contribution in [2.45, 2.75) is 37.2 Å². The van der Waals surface area contributed by atoms with Crippen LogP contribution in [-0.2, 0) is 22.6 Å². The molecule has 3 aromatic rings. The number of thiophene rings is 1. The van der Waals surface area contributed by atoms with E-state index in [2.05, 4.69) is 25.1 Å². The molecule has 1 fully saturated rings. The van der Waals surface area contributed by atoms with Gasteiger partial charge < -0.3 is 10.1 Å². The number of carbonyl (C=O) groups is 1. The lowest BCUT2D eigenvalue weighted by molar-refractivity contribution is -0.118. The molecule has 4 rings (SSSR count). The van der Waals surface area contributed by atoms with Crippen LogP contribution in [0.15, 0.2) is 47.1 Å². The van der Waals surface area contributed by atoms with E-state index in [1.54, 1.807) is 17.5 Å². The van der Waals surface area contributed by atoms with Crippen molar-refractivity contribution in [3.05, 3.63) is 47.6 Å². The molecule has 1 atom stereocenters. The van der Waals surface area contributed by atoms with Gasteiger partial charge in [0.1, 0.15) is 0 Å². The maximum atomic E-state index is 12.2. The average Bonchev–Trinajstić information content (AvgIpc) is 3.48. The van der Waals surface area contributed by atoms with E-state index < -0.39 is 0 Å². The van der Waals surface area contributed by atoms with Crippen LogP contribution in [0.4, 0.5) is 0 Å². The molecule has 1 saturated heterocycles. The summed E-state index contributed by atoms with van der Waals surface area (Å²) in [6, 6.07) is 9.69. The predicted octanol–water partition coefficient (Wildman–Crippen LogP) is 2.99. The van der Waals surface area contributed by atoms with Crippen LogP contribution >= 0.6 is 23.1 Å². The van der Waals surface area contributed by atoms with Gasteiger partial charge in [-0.25, -0.2) is 0 Å². The zero-order chi connectivity index (χ0) is 19.2. The molecule has 1 unspecified atom stereocenters. The predicted molar refractivity (Wildman–Crippen MR) is 109 cm³/mol. The Balaban J connectivity index is 1.41. The monoisotopic (exact) mass is 415 g/mol. The maximum absolute atomic E-state index is 12.2. The molecule has 7 nitrogen and oxygen atoms in total. The molecule has 1 amide bonds. The van der Waals surface area contributed by atoms with Gasteiger partial charge in [0, 0.05) is 12.8 Å². The van der Waals surface area contributed by atoms with Gasteiger partial charge in [0.25, 0.3) is 0 Å². The highest BCUT2D eigenvalue weighted by molar-refractivity contribution is 7.99. The van der Waals surface area contributed by atoms with Crippen LogP contribution in [0.3, 0.4) is 0 Å². The number of amides is 1. The summed E-state index contributed by atoms with van der Waals surface area (Å²) in [7, 11) is 0. The number of carbonyl (C=O) groups excluding carboxylic acids is 1. The van der Waals surface area contributed by atoms with Crippen LogP contribution in [0.25, 0.3) is 10.7 Å². The topological polar surface area (TPSA) is 81.9 Å². The van der Waals surface area contributed by atoms with Gasteiger partial charge in [-0.3, -0.25) is 14.3 Å². The van der Waals surface area contributed by atoms with Crippen LogP contribution < -0.4 is 5.32 Å². The summed E-state index contributed by atoms with van der Waals surface area (Å²) < 4.78 is 7.88. The summed E-state index contributed by atoms with van der Waals surface area (Å²) in [6.45, 7) is 1.93. The van der Waals surface area contributed by atoms with Crippen molar-refractivity contribution in [3.8, 4) is 10.7 Å². The summed E-state index contributed by atoms with van der Waals surface area (Å²) in [5.74, 6) is 1.06. The van der Waals surface area contributed by atoms with E-state index in [0.29, 0.717) is 13.1 Å². The summed E-state index contributed by atoms with van der Waals surface area (Å²) in [5.41, 5.74) is 0.836. The lowest BCUT2D eigenvalue weighted by Gasteiger charge is -2.14. The number of hydrogen-bond donors (Lipinski definition) is 1. The Morgan fingerprint density at radius 1 is 1.32 bits per heavy atom. The van der Waals surface area contributed by atoms with E-state index in [1.807, 2.05) is 35.7 Å². The molecule has 1 aliphatic heterocycles. The van der Waals surface area contributed by atoms with Crippen molar-refractivity contribution in [1.82, 2.24) is 25.1 Å². The van der Waals surface area contributed by atoms with E-state index in [-0.39, 0.29) is 17.8 Å². The van der Waals surface area contributed by atoms with E-state index >= 15 is 0 Å². The average molecular weight is 416 g/mol.